The molecule has 9 nitrogen and oxygen atoms in total. The van der Waals surface area contributed by atoms with E-state index in [9.17, 15) is 14.7 Å². The molecule has 1 aliphatic heterocycles. The van der Waals surface area contributed by atoms with Crippen LogP contribution in [-0.2, 0) is 18.9 Å². The molecule has 2 N–H and O–H groups in total. The van der Waals surface area contributed by atoms with E-state index in [4.69, 9.17) is 18.9 Å². The second-order valence-corrected chi connectivity index (χ2v) is 4.86. The maximum absolute atomic E-state index is 11.9. The topological polar surface area (TPSA) is 112 Å². The number of methoxy groups -OCH3 is 2. The Kier molecular flexibility index (Phi) is 5.86. The molecule has 0 aromatic carbocycles. The molecule has 0 radical (unpaired) electrons. The normalized spacial score (nSPS) is 28.1. The van der Waals surface area contributed by atoms with Gasteiger partial charge in [-0.05, 0) is 0 Å². The second-order valence-electron chi connectivity index (χ2n) is 4.86. The van der Waals surface area contributed by atoms with Crippen molar-refractivity contribution >= 4 is 0 Å². The zero-order valence-corrected chi connectivity index (χ0v) is 12.4. The van der Waals surface area contributed by atoms with E-state index in [0.29, 0.717) is 6.61 Å². The fourth-order valence-corrected chi connectivity index (χ4v) is 2.32. The van der Waals surface area contributed by atoms with E-state index in [1.807, 2.05) is 0 Å². The third-order valence-electron chi connectivity index (χ3n) is 3.37. The van der Waals surface area contributed by atoms with Crippen LogP contribution in [0.3, 0.4) is 0 Å². The van der Waals surface area contributed by atoms with Gasteiger partial charge in [0.1, 0.15) is 18.3 Å². The lowest BCUT2D eigenvalue weighted by atomic mass is 10.1. The Balaban J connectivity index is 2.24. The highest BCUT2D eigenvalue weighted by atomic mass is 16.6. The fraction of sp³-hybridized carbons (Fsp3) is 0.692. The Bertz CT molecular complexity index is 584. The monoisotopic (exact) mass is 316 g/mol. The minimum atomic E-state index is -0.972. The van der Waals surface area contributed by atoms with E-state index in [2.05, 4.69) is 4.98 Å². The van der Waals surface area contributed by atoms with Gasteiger partial charge in [-0.2, -0.15) is 0 Å². The van der Waals surface area contributed by atoms with Gasteiger partial charge < -0.3 is 24.1 Å². The number of aromatic amines is 1. The Hall–Kier alpha value is -1.52. The van der Waals surface area contributed by atoms with E-state index >= 15 is 0 Å². The molecule has 2 rings (SSSR count). The number of hydrogen-bond acceptors (Lipinski definition) is 7. The molecule has 0 saturated carbocycles. The summed E-state index contributed by atoms with van der Waals surface area (Å²) in [5.41, 5.74) is -1.15. The fourth-order valence-electron chi connectivity index (χ4n) is 2.32. The van der Waals surface area contributed by atoms with Crippen molar-refractivity contribution in [3.8, 4) is 0 Å². The van der Waals surface area contributed by atoms with Crippen LogP contribution in [0.1, 0.15) is 6.23 Å². The Labute approximate surface area is 126 Å². The molecule has 1 aromatic rings. The van der Waals surface area contributed by atoms with Crippen LogP contribution in [-0.4, -0.2) is 67.0 Å². The molecule has 0 bridgehead atoms. The Morgan fingerprint density at radius 3 is 2.73 bits per heavy atom. The first-order valence-corrected chi connectivity index (χ1v) is 6.83. The van der Waals surface area contributed by atoms with E-state index < -0.39 is 35.8 Å². The number of aliphatic hydroxyl groups excluding tert-OH is 1. The number of aromatic nitrogens is 2. The highest BCUT2D eigenvalue weighted by Crippen LogP contribution is 2.30. The van der Waals surface area contributed by atoms with Gasteiger partial charge >= 0.3 is 5.69 Å². The van der Waals surface area contributed by atoms with Crippen molar-refractivity contribution in [1.29, 1.82) is 0 Å². The molecular formula is C13H20N2O7. The van der Waals surface area contributed by atoms with Gasteiger partial charge in [-0.15, -0.1) is 0 Å². The SMILES string of the molecule is COCCO[C@@H]1[C@H](O)[C@@H](COC)O[C@H]1n1ccc(=O)[nH]c1=O. The minimum absolute atomic E-state index is 0.153. The van der Waals surface area contributed by atoms with Crippen LogP contribution in [0.4, 0.5) is 0 Å². The van der Waals surface area contributed by atoms with Crippen LogP contribution in [0.5, 0.6) is 0 Å². The summed E-state index contributed by atoms with van der Waals surface area (Å²) in [5.74, 6) is 0. The lowest BCUT2D eigenvalue weighted by molar-refractivity contribution is -0.0832. The summed E-state index contributed by atoms with van der Waals surface area (Å²) in [7, 11) is 3.01. The Morgan fingerprint density at radius 1 is 1.32 bits per heavy atom. The molecular weight excluding hydrogens is 296 g/mol. The van der Waals surface area contributed by atoms with E-state index in [0.717, 1.165) is 0 Å². The quantitative estimate of drug-likeness (QED) is 0.587. The lowest BCUT2D eigenvalue weighted by Crippen LogP contribution is -2.39. The maximum atomic E-state index is 11.9. The maximum Gasteiger partial charge on any atom is 0.330 e. The van der Waals surface area contributed by atoms with Crippen molar-refractivity contribution in [2.45, 2.75) is 24.5 Å². The summed E-state index contributed by atoms with van der Waals surface area (Å²) in [6.07, 6.45) is -1.95. The number of aliphatic hydroxyl groups is 1. The van der Waals surface area contributed by atoms with Crippen molar-refractivity contribution in [1.82, 2.24) is 9.55 Å². The lowest BCUT2D eigenvalue weighted by Gasteiger charge is -2.22. The zero-order chi connectivity index (χ0) is 16.1. The van der Waals surface area contributed by atoms with E-state index in [1.165, 1.54) is 31.0 Å². The van der Waals surface area contributed by atoms with E-state index in [-0.39, 0.29) is 13.2 Å². The van der Waals surface area contributed by atoms with Gasteiger partial charge in [0, 0.05) is 26.5 Å². The smallest absolute Gasteiger partial charge is 0.330 e. The molecule has 0 amide bonds. The third kappa shape index (κ3) is 3.62. The highest BCUT2D eigenvalue weighted by Gasteiger charge is 2.45. The van der Waals surface area contributed by atoms with Gasteiger partial charge in [-0.3, -0.25) is 14.3 Å². The van der Waals surface area contributed by atoms with Gasteiger partial charge in [0.05, 0.1) is 19.8 Å². The number of nitrogens with one attached hydrogen (secondary N) is 1. The number of rotatable bonds is 7. The highest BCUT2D eigenvalue weighted by molar-refractivity contribution is 4.94. The number of H-pyrrole nitrogens is 1. The molecule has 1 fully saturated rings. The van der Waals surface area contributed by atoms with Gasteiger partial charge in [-0.1, -0.05) is 0 Å². The van der Waals surface area contributed by atoms with Crippen molar-refractivity contribution in [2.75, 3.05) is 34.0 Å². The molecule has 1 saturated heterocycles. The van der Waals surface area contributed by atoms with Crippen molar-refractivity contribution in [3.05, 3.63) is 33.1 Å². The predicted molar refractivity (Wildman–Crippen MR) is 74.7 cm³/mol. The molecule has 0 aliphatic carbocycles. The molecule has 9 heteroatoms. The molecule has 0 unspecified atom stereocenters. The Morgan fingerprint density at radius 2 is 2.09 bits per heavy atom. The number of ether oxygens (including phenoxy) is 4. The van der Waals surface area contributed by atoms with Crippen LogP contribution in [0, 0.1) is 0 Å². The van der Waals surface area contributed by atoms with Crippen LogP contribution in [0.2, 0.25) is 0 Å². The average Bonchev–Trinajstić information content (AvgIpc) is 2.77. The summed E-state index contributed by atoms with van der Waals surface area (Å²) in [6, 6.07) is 1.20. The summed E-state index contributed by atoms with van der Waals surface area (Å²) in [6.45, 7) is 0.723. The molecule has 22 heavy (non-hydrogen) atoms. The van der Waals surface area contributed by atoms with Gasteiger partial charge in [0.2, 0.25) is 0 Å². The summed E-state index contributed by atoms with van der Waals surface area (Å²) >= 11 is 0. The third-order valence-corrected chi connectivity index (χ3v) is 3.37. The predicted octanol–water partition coefficient (Wildman–Crippen LogP) is -1.53. The standard InChI is InChI=1S/C13H20N2O7/c1-19-5-6-21-11-10(17)8(7-20-2)22-12(11)15-4-3-9(16)14-13(15)18/h3-4,8,10-12,17H,5-7H2,1-2H3,(H,14,16,18)/t8-,10-,11-,12-/m1/s1. The zero-order valence-electron chi connectivity index (χ0n) is 12.4. The molecule has 124 valence electrons. The summed E-state index contributed by atoms with van der Waals surface area (Å²) < 4.78 is 22.3. The average molecular weight is 316 g/mol. The van der Waals surface area contributed by atoms with Crippen molar-refractivity contribution < 1.29 is 24.1 Å². The van der Waals surface area contributed by atoms with Crippen LogP contribution < -0.4 is 11.2 Å². The number of nitrogens with zero attached hydrogens (tertiary/aromatic N) is 1. The van der Waals surface area contributed by atoms with Crippen LogP contribution in [0.15, 0.2) is 21.9 Å². The molecule has 2 heterocycles. The molecule has 1 aliphatic rings. The summed E-state index contributed by atoms with van der Waals surface area (Å²) in [4.78, 5) is 25.2. The molecule has 4 atom stereocenters. The van der Waals surface area contributed by atoms with Crippen LogP contribution >= 0.6 is 0 Å². The van der Waals surface area contributed by atoms with Crippen molar-refractivity contribution in [3.63, 3.8) is 0 Å². The van der Waals surface area contributed by atoms with Crippen LogP contribution in [0.25, 0.3) is 0 Å². The second kappa shape index (κ2) is 7.65. The largest absolute Gasteiger partial charge is 0.387 e. The first-order chi connectivity index (χ1) is 10.6. The minimum Gasteiger partial charge on any atom is -0.387 e. The number of hydrogen-bond donors (Lipinski definition) is 2. The first-order valence-electron chi connectivity index (χ1n) is 6.83. The summed E-state index contributed by atoms with van der Waals surface area (Å²) in [5, 5.41) is 10.3. The molecule has 1 aromatic heterocycles. The van der Waals surface area contributed by atoms with Crippen molar-refractivity contribution in [2.24, 2.45) is 0 Å². The van der Waals surface area contributed by atoms with Gasteiger partial charge in [0.25, 0.3) is 5.56 Å². The molecule has 0 spiro atoms. The van der Waals surface area contributed by atoms with E-state index in [1.54, 1.807) is 0 Å². The van der Waals surface area contributed by atoms with Gasteiger partial charge in [-0.25, -0.2) is 4.79 Å². The first kappa shape index (κ1) is 16.8. The van der Waals surface area contributed by atoms with Gasteiger partial charge in [0.15, 0.2) is 6.23 Å².